The first-order valence-corrected chi connectivity index (χ1v) is 7.26. The standard InChI is InChI=1S/C15H15ClN2O4/c16-10-2-1-9-5-12(18-11(9)6-10)13(19)17-7-15(14(20)21)3-4-22-8-15/h1-2,5-6,18H,3-4,7-8H2,(H,17,19)(H,20,21). The molecule has 0 bridgehead atoms. The van der Waals surface area contributed by atoms with Gasteiger partial charge in [0.2, 0.25) is 0 Å². The van der Waals surface area contributed by atoms with Crippen molar-refractivity contribution in [2.75, 3.05) is 19.8 Å². The fourth-order valence-electron chi connectivity index (χ4n) is 2.56. The van der Waals surface area contributed by atoms with Gasteiger partial charge in [-0.05, 0) is 24.6 Å². The van der Waals surface area contributed by atoms with Crippen LogP contribution >= 0.6 is 11.6 Å². The zero-order valence-corrected chi connectivity index (χ0v) is 12.4. The number of H-pyrrole nitrogens is 1. The summed E-state index contributed by atoms with van der Waals surface area (Å²) in [7, 11) is 0. The molecule has 0 radical (unpaired) electrons. The molecular weight excluding hydrogens is 308 g/mol. The van der Waals surface area contributed by atoms with E-state index in [1.54, 1.807) is 18.2 Å². The van der Waals surface area contributed by atoms with Gasteiger partial charge >= 0.3 is 5.97 Å². The number of carbonyl (C=O) groups excluding carboxylic acids is 1. The molecule has 6 nitrogen and oxygen atoms in total. The first kappa shape index (κ1) is 14.9. The van der Waals surface area contributed by atoms with Gasteiger partial charge in [0, 0.05) is 29.1 Å². The van der Waals surface area contributed by atoms with E-state index in [4.69, 9.17) is 16.3 Å². The van der Waals surface area contributed by atoms with Gasteiger partial charge in [-0.1, -0.05) is 17.7 Å². The average molecular weight is 323 g/mol. The molecule has 7 heteroatoms. The number of halogens is 1. The normalized spacial score (nSPS) is 21.1. The minimum Gasteiger partial charge on any atom is -0.481 e. The zero-order chi connectivity index (χ0) is 15.7. The lowest BCUT2D eigenvalue weighted by Crippen LogP contribution is -2.43. The Labute approximate surface area is 131 Å². The predicted octanol–water partition coefficient (Wildman–Crippen LogP) is 2.04. The zero-order valence-electron chi connectivity index (χ0n) is 11.7. The van der Waals surface area contributed by atoms with E-state index in [9.17, 15) is 14.7 Å². The van der Waals surface area contributed by atoms with Crippen molar-refractivity contribution in [1.82, 2.24) is 10.3 Å². The highest BCUT2D eigenvalue weighted by molar-refractivity contribution is 6.31. The molecule has 1 amide bonds. The molecule has 116 valence electrons. The van der Waals surface area contributed by atoms with Crippen LogP contribution in [0.1, 0.15) is 16.9 Å². The molecule has 1 aliphatic heterocycles. The fourth-order valence-corrected chi connectivity index (χ4v) is 2.73. The summed E-state index contributed by atoms with van der Waals surface area (Å²) in [5.41, 5.74) is 0.0943. The number of hydrogen-bond donors (Lipinski definition) is 3. The first-order chi connectivity index (χ1) is 10.5. The Hall–Kier alpha value is -2.05. The first-order valence-electron chi connectivity index (χ1n) is 6.88. The van der Waals surface area contributed by atoms with Gasteiger partial charge in [-0.15, -0.1) is 0 Å². The summed E-state index contributed by atoms with van der Waals surface area (Å²) < 4.78 is 5.17. The van der Waals surface area contributed by atoms with Crippen LogP contribution in [0.5, 0.6) is 0 Å². The van der Waals surface area contributed by atoms with Crippen LogP contribution in [-0.2, 0) is 9.53 Å². The van der Waals surface area contributed by atoms with Crippen LogP contribution in [0, 0.1) is 5.41 Å². The Bertz CT molecular complexity index is 734. The van der Waals surface area contributed by atoms with Gasteiger partial charge in [0.15, 0.2) is 0 Å². The van der Waals surface area contributed by atoms with E-state index < -0.39 is 11.4 Å². The van der Waals surface area contributed by atoms with E-state index in [2.05, 4.69) is 10.3 Å². The highest BCUT2D eigenvalue weighted by Gasteiger charge is 2.42. The minimum absolute atomic E-state index is 0.0390. The molecule has 0 saturated carbocycles. The molecule has 1 atom stereocenters. The van der Waals surface area contributed by atoms with Gasteiger partial charge in [-0.2, -0.15) is 0 Å². The number of amides is 1. The summed E-state index contributed by atoms with van der Waals surface area (Å²) in [6.45, 7) is 0.551. The maximum absolute atomic E-state index is 12.2. The van der Waals surface area contributed by atoms with Gasteiger partial charge in [-0.25, -0.2) is 0 Å². The van der Waals surface area contributed by atoms with E-state index in [1.165, 1.54) is 0 Å². The van der Waals surface area contributed by atoms with Crippen LogP contribution in [0.15, 0.2) is 24.3 Å². The third-order valence-corrected chi connectivity index (χ3v) is 4.21. The van der Waals surface area contributed by atoms with Gasteiger partial charge in [0.1, 0.15) is 11.1 Å². The number of carbonyl (C=O) groups is 2. The molecule has 0 aliphatic carbocycles. The van der Waals surface area contributed by atoms with Crippen molar-refractivity contribution in [2.24, 2.45) is 5.41 Å². The number of rotatable bonds is 4. The Morgan fingerprint density at radius 3 is 2.91 bits per heavy atom. The lowest BCUT2D eigenvalue weighted by Gasteiger charge is -2.22. The number of nitrogens with one attached hydrogen (secondary N) is 2. The maximum Gasteiger partial charge on any atom is 0.313 e. The molecule has 2 heterocycles. The number of hydrogen-bond acceptors (Lipinski definition) is 3. The van der Waals surface area contributed by atoms with E-state index in [1.807, 2.05) is 6.07 Å². The summed E-state index contributed by atoms with van der Waals surface area (Å²) in [5, 5.41) is 13.5. The van der Waals surface area contributed by atoms with Crippen LogP contribution in [0.4, 0.5) is 0 Å². The molecule has 2 aromatic rings. The van der Waals surface area contributed by atoms with Crippen molar-refractivity contribution < 1.29 is 19.4 Å². The molecule has 1 aliphatic rings. The summed E-state index contributed by atoms with van der Waals surface area (Å²) >= 11 is 5.91. The summed E-state index contributed by atoms with van der Waals surface area (Å²) in [6, 6.07) is 7.00. The molecule has 1 unspecified atom stereocenters. The molecule has 0 spiro atoms. The number of carboxylic acids is 1. The van der Waals surface area contributed by atoms with Crippen LogP contribution in [0.2, 0.25) is 5.02 Å². The number of ether oxygens (including phenoxy) is 1. The predicted molar refractivity (Wildman–Crippen MR) is 81.1 cm³/mol. The molecule has 3 rings (SSSR count). The summed E-state index contributed by atoms with van der Waals surface area (Å²) in [4.78, 5) is 26.6. The van der Waals surface area contributed by atoms with Crippen molar-refractivity contribution in [1.29, 1.82) is 0 Å². The largest absolute Gasteiger partial charge is 0.481 e. The highest BCUT2D eigenvalue weighted by atomic mass is 35.5. The van der Waals surface area contributed by atoms with Crippen molar-refractivity contribution >= 4 is 34.4 Å². The van der Waals surface area contributed by atoms with E-state index in [0.29, 0.717) is 23.7 Å². The molecule has 1 saturated heterocycles. The van der Waals surface area contributed by atoms with Crippen molar-refractivity contribution in [3.8, 4) is 0 Å². The molecule has 1 aromatic heterocycles. The van der Waals surface area contributed by atoms with Crippen LogP contribution < -0.4 is 5.32 Å². The lowest BCUT2D eigenvalue weighted by molar-refractivity contribution is -0.148. The number of aliphatic carboxylic acids is 1. The smallest absolute Gasteiger partial charge is 0.313 e. The van der Waals surface area contributed by atoms with Crippen molar-refractivity contribution in [2.45, 2.75) is 6.42 Å². The maximum atomic E-state index is 12.2. The second-order valence-corrected chi connectivity index (χ2v) is 5.92. The highest BCUT2D eigenvalue weighted by Crippen LogP contribution is 2.28. The van der Waals surface area contributed by atoms with Crippen molar-refractivity contribution in [3.63, 3.8) is 0 Å². The van der Waals surface area contributed by atoms with Crippen LogP contribution in [-0.4, -0.2) is 41.7 Å². The third kappa shape index (κ3) is 2.67. The van der Waals surface area contributed by atoms with E-state index in [0.717, 1.165) is 10.9 Å². The van der Waals surface area contributed by atoms with Crippen molar-refractivity contribution in [3.05, 3.63) is 35.0 Å². The average Bonchev–Trinajstić information content (AvgIpc) is 3.11. The Balaban J connectivity index is 1.74. The van der Waals surface area contributed by atoms with Gasteiger partial charge in [0.25, 0.3) is 5.91 Å². The number of aromatic amines is 1. The monoisotopic (exact) mass is 322 g/mol. The quantitative estimate of drug-likeness (QED) is 0.803. The second-order valence-electron chi connectivity index (χ2n) is 5.49. The van der Waals surface area contributed by atoms with Gasteiger partial charge < -0.3 is 20.1 Å². The Morgan fingerprint density at radius 2 is 2.23 bits per heavy atom. The van der Waals surface area contributed by atoms with Crippen LogP contribution in [0.25, 0.3) is 10.9 Å². The third-order valence-electron chi connectivity index (χ3n) is 3.97. The minimum atomic E-state index is -1.04. The number of benzene rings is 1. The van der Waals surface area contributed by atoms with Gasteiger partial charge in [0.05, 0.1) is 6.61 Å². The SMILES string of the molecule is O=C(NCC1(C(=O)O)CCOC1)c1cc2ccc(Cl)cc2[nH]1. The molecule has 3 N–H and O–H groups in total. The second kappa shape index (κ2) is 5.62. The topological polar surface area (TPSA) is 91.4 Å². The summed E-state index contributed by atoms with van der Waals surface area (Å²) in [6.07, 6.45) is 0.394. The summed E-state index contributed by atoms with van der Waals surface area (Å²) in [5.74, 6) is -1.30. The molecule has 1 fully saturated rings. The lowest BCUT2D eigenvalue weighted by atomic mass is 9.87. The number of fused-ring (bicyclic) bond motifs is 1. The number of carboxylic acid groups (broad SMARTS) is 1. The Kier molecular flexibility index (Phi) is 3.80. The molecule has 22 heavy (non-hydrogen) atoms. The fraction of sp³-hybridized carbons (Fsp3) is 0.333. The molecular formula is C15H15ClN2O4. The van der Waals surface area contributed by atoms with E-state index >= 15 is 0 Å². The Morgan fingerprint density at radius 1 is 1.41 bits per heavy atom. The van der Waals surface area contributed by atoms with Gasteiger partial charge in [-0.3, -0.25) is 9.59 Å². The van der Waals surface area contributed by atoms with E-state index in [-0.39, 0.29) is 19.1 Å². The van der Waals surface area contributed by atoms with Crippen LogP contribution in [0.3, 0.4) is 0 Å². The molecule has 1 aromatic carbocycles. The number of aromatic nitrogens is 1.